The smallest absolute Gasteiger partial charge is 0.328 e. The highest BCUT2D eigenvalue weighted by Gasteiger charge is 2.32. The quantitative estimate of drug-likeness (QED) is 0.137. The second-order valence-electron chi connectivity index (χ2n) is 7.60. The Morgan fingerprint density at radius 1 is 0.912 bits per heavy atom. The summed E-state index contributed by atoms with van der Waals surface area (Å²) in [6.45, 7) is 0.463. The molecule has 0 spiro atoms. The van der Waals surface area contributed by atoms with Crippen molar-refractivity contribution in [1.82, 2.24) is 16.0 Å². The van der Waals surface area contributed by atoms with E-state index in [0.29, 0.717) is 5.56 Å². The molecule has 0 aliphatic rings. The molecule has 0 aliphatic carbocycles. The molecule has 13 nitrogen and oxygen atoms in total. The number of hydrogen-bond acceptors (Lipinski definition) is 8. The molecule has 188 valence electrons. The molecule has 0 fully saturated rings. The van der Waals surface area contributed by atoms with Gasteiger partial charge in [0, 0.05) is 12.8 Å². The Bertz CT molecular complexity index is 863. The van der Waals surface area contributed by atoms with Gasteiger partial charge in [0.15, 0.2) is 6.04 Å². The molecule has 5 unspecified atom stereocenters. The van der Waals surface area contributed by atoms with Crippen LogP contribution >= 0.6 is 0 Å². The van der Waals surface area contributed by atoms with E-state index in [1.165, 1.54) is 0 Å². The van der Waals surface area contributed by atoms with E-state index >= 15 is 0 Å². The molecule has 0 saturated heterocycles. The first-order chi connectivity index (χ1) is 16.0. The van der Waals surface area contributed by atoms with Crippen LogP contribution in [-0.4, -0.2) is 87.0 Å². The van der Waals surface area contributed by atoms with Crippen LogP contribution in [0.25, 0.3) is 0 Å². The van der Waals surface area contributed by atoms with Crippen molar-refractivity contribution in [1.29, 1.82) is 0 Å². The van der Waals surface area contributed by atoms with Gasteiger partial charge in [-0.2, -0.15) is 0 Å². The second-order valence-corrected chi connectivity index (χ2v) is 7.60. The van der Waals surface area contributed by atoms with Crippen molar-refractivity contribution < 1.29 is 44.4 Å². The zero-order valence-electron chi connectivity index (χ0n) is 18.5. The fourth-order valence-electron chi connectivity index (χ4n) is 2.87. The molecule has 13 heteroatoms. The molecule has 0 aromatic heterocycles. The number of aliphatic hydroxyl groups excluding tert-OH is 2. The first-order valence-corrected chi connectivity index (χ1v) is 10.4. The number of rotatable bonds is 14. The summed E-state index contributed by atoms with van der Waals surface area (Å²) >= 11 is 0. The van der Waals surface area contributed by atoms with Crippen LogP contribution in [0.15, 0.2) is 30.3 Å². The fraction of sp³-hybridized carbons (Fsp3) is 0.476. The first-order valence-electron chi connectivity index (χ1n) is 10.4. The fourth-order valence-corrected chi connectivity index (χ4v) is 2.87. The van der Waals surface area contributed by atoms with Crippen molar-refractivity contribution in [3.05, 3.63) is 35.9 Å². The van der Waals surface area contributed by atoms with Gasteiger partial charge in [0.1, 0.15) is 18.1 Å². The maximum absolute atomic E-state index is 13.0. The standard InChI is InChI=1S/C21H30N4O9/c1-11(27)17(21(33)34)25-19(31)14(7-8-16(28)29)23-20(32)15(24-18(30)13(22)10-26)9-12-5-3-2-4-6-12/h2-6,11,13-15,17,26-27H,7-10,22H2,1H3,(H,23,32)(H,24,30)(H,25,31)(H,28,29)(H,33,34). The molecule has 0 saturated carbocycles. The number of nitrogens with one attached hydrogen (secondary N) is 3. The second kappa shape index (κ2) is 13.9. The average Bonchev–Trinajstić information content (AvgIpc) is 2.78. The van der Waals surface area contributed by atoms with Crippen LogP contribution in [-0.2, 0) is 30.4 Å². The summed E-state index contributed by atoms with van der Waals surface area (Å²) < 4.78 is 0. The number of benzene rings is 1. The van der Waals surface area contributed by atoms with Gasteiger partial charge in [-0.1, -0.05) is 30.3 Å². The molecule has 1 aromatic carbocycles. The molecule has 1 aromatic rings. The van der Waals surface area contributed by atoms with Crippen LogP contribution in [0.2, 0.25) is 0 Å². The van der Waals surface area contributed by atoms with Crippen LogP contribution < -0.4 is 21.7 Å². The summed E-state index contributed by atoms with van der Waals surface area (Å²) in [6, 6.07) is 2.80. The summed E-state index contributed by atoms with van der Waals surface area (Å²) in [5.74, 6) is -5.51. The third-order valence-electron chi connectivity index (χ3n) is 4.78. The number of amides is 3. The van der Waals surface area contributed by atoms with E-state index in [1.807, 2.05) is 0 Å². The predicted octanol–water partition coefficient (Wildman–Crippen LogP) is -2.67. The van der Waals surface area contributed by atoms with Gasteiger partial charge in [0.05, 0.1) is 12.7 Å². The minimum atomic E-state index is -1.70. The van der Waals surface area contributed by atoms with E-state index in [-0.39, 0.29) is 12.8 Å². The Morgan fingerprint density at radius 3 is 1.97 bits per heavy atom. The Labute approximate surface area is 195 Å². The van der Waals surface area contributed by atoms with Crippen LogP contribution in [0.5, 0.6) is 0 Å². The monoisotopic (exact) mass is 482 g/mol. The number of carboxylic acids is 2. The Balaban J connectivity index is 3.11. The minimum absolute atomic E-state index is 0.0186. The third kappa shape index (κ3) is 9.52. The highest BCUT2D eigenvalue weighted by molar-refractivity contribution is 5.94. The van der Waals surface area contributed by atoms with Crippen LogP contribution in [0, 0.1) is 0 Å². The highest BCUT2D eigenvalue weighted by Crippen LogP contribution is 2.07. The van der Waals surface area contributed by atoms with E-state index < -0.39 is 73.0 Å². The highest BCUT2D eigenvalue weighted by atomic mass is 16.4. The Hall–Kier alpha value is -3.55. The van der Waals surface area contributed by atoms with Gasteiger partial charge in [-0.15, -0.1) is 0 Å². The zero-order valence-corrected chi connectivity index (χ0v) is 18.5. The maximum Gasteiger partial charge on any atom is 0.328 e. The molecule has 34 heavy (non-hydrogen) atoms. The van der Waals surface area contributed by atoms with Crippen molar-refractivity contribution in [2.24, 2.45) is 5.73 Å². The lowest BCUT2D eigenvalue weighted by Gasteiger charge is -2.25. The minimum Gasteiger partial charge on any atom is -0.481 e. The van der Waals surface area contributed by atoms with E-state index in [1.54, 1.807) is 30.3 Å². The molecule has 9 N–H and O–H groups in total. The van der Waals surface area contributed by atoms with E-state index in [0.717, 1.165) is 6.92 Å². The van der Waals surface area contributed by atoms with Crippen LogP contribution in [0.3, 0.4) is 0 Å². The lowest BCUT2D eigenvalue weighted by Crippen LogP contribution is -2.59. The summed E-state index contributed by atoms with van der Waals surface area (Å²) in [5.41, 5.74) is 6.14. The molecule has 0 heterocycles. The summed E-state index contributed by atoms with van der Waals surface area (Å²) in [6.07, 6.45) is -2.41. The Kier molecular flexibility index (Phi) is 11.6. The van der Waals surface area contributed by atoms with E-state index in [2.05, 4.69) is 16.0 Å². The van der Waals surface area contributed by atoms with E-state index in [4.69, 9.17) is 21.1 Å². The molecular formula is C21H30N4O9. The van der Waals surface area contributed by atoms with Gasteiger partial charge in [-0.3, -0.25) is 19.2 Å². The summed E-state index contributed by atoms with van der Waals surface area (Å²) in [4.78, 5) is 60.1. The van der Waals surface area contributed by atoms with Crippen molar-refractivity contribution in [3.8, 4) is 0 Å². The maximum atomic E-state index is 13.0. The topological polar surface area (TPSA) is 228 Å². The molecule has 3 amide bonds. The van der Waals surface area contributed by atoms with Crippen molar-refractivity contribution >= 4 is 29.7 Å². The molecule has 0 aliphatic heterocycles. The average molecular weight is 482 g/mol. The lowest BCUT2D eigenvalue weighted by atomic mass is 10.0. The van der Waals surface area contributed by atoms with Gasteiger partial charge in [0.2, 0.25) is 17.7 Å². The Morgan fingerprint density at radius 2 is 1.47 bits per heavy atom. The lowest BCUT2D eigenvalue weighted by molar-refractivity contribution is -0.145. The van der Waals surface area contributed by atoms with Gasteiger partial charge >= 0.3 is 11.9 Å². The van der Waals surface area contributed by atoms with Crippen molar-refractivity contribution in [2.45, 2.75) is 56.5 Å². The number of aliphatic carboxylic acids is 2. The van der Waals surface area contributed by atoms with Gasteiger partial charge in [0.25, 0.3) is 0 Å². The predicted molar refractivity (Wildman–Crippen MR) is 117 cm³/mol. The van der Waals surface area contributed by atoms with Crippen LogP contribution in [0.4, 0.5) is 0 Å². The number of hydrogen-bond donors (Lipinski definition) is 8. The number of carboxylic acid groups (broad SMARTS) is 2. The van der Waals surface area contributed by atoms with Gasteiger partial charge < -0.3 is 42.1 Å². The van der Waals surface area contributed by atoms with E-state index in [9.17, 15) is 29.1 Å². The van der Waals surface area contributed by atoms with Crippen molar-refractivity contribution in [2.75, 3.05) is 6.61 Å². The number of nitrogens with two attached hydrogens (primary N) is 1. The normalized spacial score (nSPS) is 15.2. The molecule has 0 radical (unpaired) electrons. The first kappa shape index (κ1) is 28.5. The summed E-state index contributed by atoms with van der Waals surface area (Å²) in [7, 11) is 0. The number of aliphatic hydroxyl groups is 2. The number of carbonyl (C=O) groups is 5. The number of carbonyl (C=O) groups excluding carboxylic acids is 3. The zero-order chi connectivity index (χ0) is 25.8. The molecule has 1 rings (SSSR count). The van der Waals surface area contributed by atoms with Crippen LogP contribution in [0.1, 0.15) is 25.3 Å². The summed E-state index contributed by atoms with van der Waals surface area (Å²) in [5, 5.41) is 43.6. The molecule has 0 bridgehead atoms. The largest absolute Gasteiger partial charge is 0.481 e. The SMILES string of the molecule is CC(O)C(NC(=O)C(CCC(=O)O)NC(=O)C(Cc1ccccc1)NC(=O)C(N)CO)C(=O)O. The van der Waals surface area contributed by atoms with Crippen molar-refractivity contribution in [3.63, 3.8) is 0 Å². The van der Waals surface area contributed by atoms with Gasteiger partial charge in [-0.25, -0.2) is 4.79 Å². The van der Waals surface area contributed by atoms with Gasteiger partial charge in [-0.05, 0) is 18.9 Å². The molecule has 5 atom stereocenters. The molecular weight excluding hydrogens is 452 g/mol. The third-order valence-corrected chi connectivity index (χ3v) is 4.78.